The van der Waals surface area contributed by atoms with Crippen molar-refractivity contribution in [1.82, 2.24) is 10.2 Å². The second-order valence-electron chi connectivity index (χ2n) is 6.39. The minimum absolute atomic E-state index is 0. The van der Waals surface area contributed by atoms with Gasteiger partial charge >= 0.3 is 0 Å². The second kappa shape index (κ2) is 8.33. The Morgan fingerprint density at radius 2 is 1.88 bits per heavy atom. The van der Waals surface area contributed by atoms with Gasteiger partial charge in [0.15, 0.2) is 0 Å². The molecule has 138 valence electrons. The van der Waals surface area contributed by atoms with Gasteiger partial charge in [0.1, 0.15) is 5.75 Å². The first kappa shape index (κ1) is 19.1. The van der Waals surface area contributed by atoms with Gasteiger partial charge < -0.3 is 15.0 Å². The van der Waals surface area contributed by atoms with Crippen molar-refractivity contribution in [3.8, 4) is 5.75 Å². The molecule has 4 nitrogen and oxygen atoms in total. The van der Waals surface area contributed by atoms with Crippen LogP contribution in [0.2, 0.25) is 0 Å². The van der Waals surface area contributed by atoms with Crippen molar-refractivity contribution in [3.63, 3.8) is 0 Å². The summed E-state index contributed by atoms with van der Waals surface area (Å²) in [6.07, 6.45) is 0. The van der Waals surface area contributed by atoms with E-state index in [2.05, 4.69) is 23.5 Å². The standard InChI is InChI=1S/C20H22N2O2S.ClH/c1-24-18-8-4-2-7-15(18)17-12-21-10-11-22(17)20(23)16-13-25-19-9-5-3-6-14(16)19;/h2-9,16-17,21H,10-13H2,1H3;1H. The van der Waals surface area contributed by atoms with Crippen LogP contribution in [-0.4, -0.2) is 43.3 Å². The monoisotopic (exact) mass is 390 g/mol. The van der Waals surface area contributed by atoms with Crippen molar-refractivity contribution in [2.45, 2.75) is 16.9 Å². The van der Waals surface area contributed by atoms with Crippen LogP contribution in [0.15, 0.2) is 53.4 Å². The van der Waals surface area contributed by atoms with E-state index in [0.29, 0.717) is 0 Å². The van der Waals surface area contributed by atoms with Gasteiger partial charge in [-0.05, 0) is 17.7 Å². The summed E-state index contributed by atoms with van der Waals surface area (Å²) >= 11 is 1.79. The molecule has 2 heterocycles. The van der Waals surface area contributed by atoms with E-state index in [1.165, 1.54) is 10.5 Å². The average Bonchev–Trinajstić information content (AvgIpc) is 3.11. The molecule has 2 aromatic carbocycles. The largest absolute Gasteiger partial charge is 0.496 e. The number of hydrogen-bond acceptors (Lipinski definition) is 4. The third-order valence-electron chi connectivity index (χ3n) is 5.02. The number of nitrogens with one attached hydrogen (secondary N) is 1. The molecule has 1 N–H and O–H groups in total. The molecule has 0 saturated carbocycles. The van der Waals surface area contributed by atoms with Crippen LogP contribution in [-0.2, 0) is 4.79 Å². The molecule has 0 radical (unpaired) electrons. The van der Waals surface area contributed by atoms with Crippen molar-refractivity contribution in [2.24, 2.45) is 0 Å². The van der Waals surface area contributed by atoms with Crippen LogP contribution in [0, 0.1) is 0 Å². The van der Waals surface area contributed by atoms with Gasteiger partial charge in [-0.15, -0.1) is 24.2 Å². The smallest absolute Gasteiger partial charge is 0.231 e. The zero-order valence-electron chi connectivity index (χ0n) is 14.7. The van der Waals surface area contributed by atoms with E-state index in [0.717, 1.165) is 36.7 Å². The van der Waals surface area contributed by atoms with E-state index in [1.807, 2.05) is 35.2 Å². The molecule has 2 atom stereocenters. The third-order valence-corrected chi connectivity index (χ3v) is 6.21. The Labute approximate surface area is 164 Å². The third kappa shape index (κ3) is 3.43. The van der Waals surface area contributed by atoms with Crippen LogP contribution in [0.25, 0.3) is 0 Å². The molecule has 0 bridgehead atoms. The summed E-state index contributed by atoms with van der Waals surface area (Å²) in [5, 5.41) is 3.42. The predicted molar refractivity (Wildman–Crippen MR) is 107 cm³/mol. The predicted octanol–water partition coefficient (Wildman–Crippen LogP) is 3.48. The Hall–Kier alpha value is -1.69. The van der Waals surface area contributed by atoms with E-state index in [4.69, 9.17) is 4.74 Å². The van der Waals surface area contributed by atoms with E-state index in [-0.39, 0.29) is 30.3 Å². The van der Waals surface area contributed by atoms with E-state index in [9.17, 15) is 4.79 Å². The molecular formula is C20H23ClN2O2S. The first-order chi connectivity index (χ1) is 12.3. The summed E-state index contributed by atoms with van der Waals surface area (Å²) in [5.74, 6) is 1.86. The summed E-state index contributed by atoms with van der Waals surface area (Å²) in [6, 6.07) is 16.3. The summed E-state index contributed by atoms with van der Waals surface area (Å²) in [6.45, 7) is 2.32. The van der Waals surface area contributed by atoms with Gasteiger partial charge in [-0.25, -0.2) is 0 Å². The topological polar surface area (TPSA) is 41.6 Å². The van der Waals surface area contributed by atoms with Crippen LogP contribution >= 0.6 is 24.2 Å². The number of hydrogen-bond donors (Lipinski definition) is 1. The maximum atomic E-state index is 13.4. The normalized spacial score (nSPS) is 21.7. The Morgan fingerprint density at radius 1 is 1.15 bits per heavy atom. The SMILES string of the molecule is COc1ccccc1C1CNCCN1C(=O)C1CSc2ccccc21.Cl. The second-order valence-corrected chi connectivity index (χ2v) is 7.46. The Bertz CT molecular complexity index is 786. The number of methoxy groups -OCH3 is 1. The molecule has 4 rings (SSSR count). The number of amides is 1. The van der Waals surface area contributed by atoms with Crippen LogP contribution in [0.3, 0.4) is 0 Å². The van der Waals surface area contributed by atoms with Gasteiger partial charge in [0.05, 0.1) is 19.1 Å². The van der Waals surface area contributed by atoms with Crippen molar-refractivity contribution < 1.29 is 9.53 Å². The first-order valence-electron chi connectivity index (χ1n) is 8.65. The quantitative estimate of drug-likeness (QED) is 0.871. The number of thioether (sulfide) groups is 1. The number of piperazine rings is 1. The van der Waals surface area contributed by atoms with Crippen LogP contribution in [0.5, 0.6) is 5.75 Å². The molecule has 2 unspecified atom stereocenters. The van der Waals surface area contributed by atoms with Gasteiger partial charge in [-0.2, -0.15) is 0 Å². The van der Waals surface area contributed by atoms with Gasteiger partial charge in [0.2, 0.25) is 5.91 Å². The minimum Gasteiger partial charge on any atom is -0.496 e. The number of para-hydroxylation sites is 1. The minimum atomic E-state index is -0.0449. The lowest BCUT2D eigenvalue weighted by molar-refractivity contribution is -0.135. The number of benzene rings is 2. The van der Waals surface area contributed by atoms with E-state index >= 15 is 0 Å². The fourth-order valence-corrected chi connectivity index (χ4v) is 4.98. The molecule has 0 spiro atoms. The maximum absolute atomic E-state index is 13.4. The van der Waals surface area contributed by atoms with Crippen LogP contribution in [0.4, 0.5) is 0 Å². The lowest BCUT2D eigenvalue weighted by Crippen LogP contribution is -2.50. The molecule has 1 fully saturated rings. The lowest BCUT2D eigenvalue weighted by atomic mass is 9.96. The molecule has 2 aliphatic rings. The van der Waals surface area contributed by atoms with Gasteiger partial charge in [-0.1, -0.05) is 36.4 Å². The molecular weight excluding hydrogens is 368 g/mol. The van der Waals surface area contributed by atoms with Crippen molar-refractivity contribution in [1.29, 1.82) is 0 Å². The highest BCUT2D eigenvalue weighted by molar-refractivity contribution is 7.99. The lowest BCUT2D eigenvalue weighted by Gasteiger charge is -2.38. The highest BCUT2D eigenvalue weighted by Gasteiger charge is 2.37. The van der Waals surface area contributed by atoms with Crippen LogP contribution in [0.1, 0.15) is 23.1 Å². The molecule has 2 aromatic rings. The van der Waals surface area contributed by atoms with Gasteiger partial charge in [0.25, 0.3) is 0 Å². The molecule has 0 aromatic heterocycles. The number of carbonyl (C=O) groups excluding carboxylic acids is 1. The van der Waals surface area contributed by atoms with E-state index in [1.54, 1.807) is 18.9 Å². The molecule has 0 aliphatic carbocycles. The van der Waals surface area contributed by atoms with Crippen molar-refractivity contribution >= 4 is 30.1 Å². The molecule has 1 amide bonds. The number of halogens is 1. The first-order valence-corrected chi connectivity index (χ1v) is 9.64. The fourth-order valence-electron chi connectivity index (χ4n) is 3.75. The fraction of sp³-hybridized carbons (Fsp3) is 0.350. The van der Waals surface area contributed by atoms with Crippen molar-refractivity contribution in [2.75, 3.05) is 32.5 Å². The zero-order chi connectivity index (χ0) is 17.2. The summed E-state index contributed by atoms with van der Waals surface area (Å²) in [5.41, 5.74) is 2.25. The highest BCUT2D eigenvalue weighted by Crippen LogP contribution is 2.42. The highest BCUT2D eigenvalue weighted by atomic mass is 35.5. The molecule has 1 saturated heterocycles. The molecule has 26 heavy (non-hydrogen) atoms. The maximum Gasteiger partial charge on any atom is 0.231 e. The van der Waals surface area contributed by atoms with Gasteiger partial charge in [-0.3, -0.25) is 4.79 Å². The summed E-state index contributed by atoms with van der Waals surface area (Å²) in [4.78, 5) is 16.7. The van der Waals surface area contributed by atoms with Gasteiger partial charge in [0, 0.05) is 35.8 Å². The van der Waals surface area contributed by atoms with Crippen molar-refractivity contribution in [3.05, 3.63) is 59.7 Å². The molecule has 2 aliphatic heterocycles. The molecule has 6 heteroatoms. The Kier molecular flexibility index (Phi) is 6.12. The average molecular weight is 391 g/mol. The Balaban J connectivity index is 0.00000196. The zero-order valence-corrected chi connectivity index (χ0v) is 16.3. The summed E-state index contributed by atoms with van der Waals surface area (Å²) in [7, 11) is 1.69. The number of fused-ring (bicyclic) bond motifs is 1. The Morgan fingerprint density at radius 3 is 2.69 bits per heavy atom. The summed E-state index contributed by atoms with van der Waals surface area (Å²) < 4.78 is 5.54. The van der Waals surface area contributed by atoms with Crippen LogP contribution < -0.4 is 10.1 Å². The number of carbonyl (C=O) groups is 1. The van der Waals surface area contributed by atoms with E-state index < -0.39 is 0 Å². The number of rotatable bonds is 3. The number of ether oxygens (including phenoxy) is 1. The number of nitrogens with zero attached hydrogens (tertiary/aromatic N) is 1.